The highest BCUT2D eigenvalue weighted by Gasteiger charge is 2.18. The Morgan fingerprint density at radius 2 is 1.55 bits per heavy atom. The summed E-state index contributed by atoms with van der Waals surface area (Å²) >= 11 is 6.07. The molecule has 0 radical (unpaired) electrons. The van der Waals surface area contributed by atoms with Crippen molar-refractivity contribution in [3.63, 3.8) is 0 Å². The molecular weight excluding hydrogens is 399 g/mol. The average molecular weight is 409 g/mol. The van der Waals surface area contributed by atoms with Crippen LogP contribution in [0.25, 0.3) is 0 Å². The number of halogens is 5. The zero-order valence-corrected chi connectivity index (χ0v) is 13.3. The molecule has 0 amide bonds. The zero-order valence-electron chi connectivity index (χ0n) is 10.1. The number of hydrogen-bond donors (Lipinski definition) is 1. The van der Waals surface area contributed by atoms with Gasteiger partial charge >= 0.3 is 0 Å². The summed E-state index contributed by atoms with van der Waals surface area (Å²) in [5, 5.41) is 0. The van der Waals surface area contributed by atoms with Crippen LogP contribution < -0.4 is 5.73 Å². The highest BCUT2D eigenvalue weighted by atomic mass is 79.9. The topological polar surface area (TPSA) is 26.0 Å². The predicted molar refractivity (Wildman–Crippen MR) is 78.8 cm³/mol. The lowest BCUT2D eigenvalue weighted by atomic mass is 9.99. The van der Waals surface area contributed by atoms with E-state index in [1.165, 1.54) is 24.3 Å². The average Bonchev–Trinajstić information content (AvgIpc) is 2.32. The van der Waals surface area contributed by atoms with Crippen LogP contribution in [0.1, 0.15) is 17.2 Å². The van der Waals surface area contributed by atoms with Crippen molar-refractivity contribution in [3.8, 4) is 0 Å². The molecule has 2 aromatic carbocycles. The molecule has 0 heterocycles. The van der Waals surface area contributed by atoms with Crippen molar-refractivity contribution in [2.75, 3.05) is 0 Å². The summed E-state index contributed by atoms with van der Waals surface area (Å²) in [7, 11) is 0. The highest BCUT2D eigenvalue weighted by Crippen LogP contribution is 2.27. The second-order valence-electron chi connectivity index (χ2n) is 4.34. The molecule has 0 aliphatic heterocycles. The summed E-state index contributed by atoms with van der Waals surface area (Å²) in [4.78, 5) is 0. The first-order valence-corrected chi connectivity index (χ1v) is 7.31. The van der Waals surface area contributed by atoms with Gasteiger partial charge in [-0.3, -0.25) is 0 Å². The maximum absolute atomic E-state index is 13.8. The van der Waals surface area contributed by atoms with Gasteiger partial charge in [-0.1, -0.05) is 22.0 Å². The molecular formula is C14H10Br2F3N. The fourth-order valence-corrected chi connectivity index (χ4v) is 2.76. The van der Waals surface area contributed by atoms with Gasteiger partial charge in [0.1, 0.15) is 17.5 Å². The normalized spacial score (nSPS) is 12.5. The minimum Gasteiger partial charge on any atom is -0.323 e. The Morgan fingerprint density at radius 1 is 0.950 bits per heavy atom. The predicted octanol–water partition coefficient (Wildman–Crippen LogP) is 4.87. The van der Waals surface area contributed by atoms with Crippen molar-refractivity contribution < 1.29 is 13.2 Å². The monoisotopic (exact) mass is 407 g/mol. The van der Waals surface area contributed by atoms with Crippen LogP contribution in [0.15, 0.2) is 39.3 Å². The van der Waals surface area contributed by atoms with Gasteiger partial charge in [0.05, 0.1) is 4.47 Å². The number of benzene rings is 2. The first-order valence-electron chi connectivity index (χ1n) is 5.72. The minimum absolute atomic E-state index is 0.173. The van der Waals surface area contributed by atoms with Crippen molar-refractivity contribution in [1.29, 1.82) is 0 Å². The molecule has 2 N–H and O–H groups in total. The van der Waals surface area contributed by atoms with Gasteiger partial charge < -0.3 is 5.73 Å². The van der Waals surface area contributed by atoms with Gasteiger partial charge in [-0.2, -0.15) is 0 Å². The van der Waals surface area contributed by atoms with Gasteiger partial charge in [0, 0.05) is 16.1 Å². The van der Waals surface area contributed by atoms with Crippen LogP contribution >= 0.6 is 31.9 Å². The minimum atomic E-state index is -0.847. The molecule has 106 valence electrons. The molecule has 6 heteroatoms. The number of nitrogens with two attached hydrogens (primary N) is 1. The van der Waals surface area contributed by atoms with Crippen LogP contribution in [-0.2, 0) is 6.42 Å². The second kappa shape index (κ2) is 6.28. The lowest BCUT2D eigenvalue weighted by Gasteiger charge is -2.15. The van der Waals surface area contributed by atoms with Crippen molar-refractivity contribution in [3.05, 3.63) is 67.9 Å². The molecule has 1 unspecified atom stereocenters. The van der Waals surface area contributed by atoms with Gasteiger partial charge in [-0.25, -0.2) is 13.2 Å². The SMILES string of the molecule is NC(Cc1ccc(F)c(Br)c1)c1c(F)cc(Br)cc1F. The van der Waals surface area contributed by atoms with Crippen LogP contribution in [-0.4, -0.2) is 0 Å². The Bertz CT molecular complexity index is 623. The Morgan fingerprint density at radius 3 is 2.10 bits per heavy atom. The molecule has 0 saturated carbocycles. The molecule has 0 aromatic heterocycles. The van der Waals surface area contributed by atoms with Gasteiger partial charge in [-0.05, 0) is 52.2 Å². The standard InChI is InChI=1S/C14H10Br2F3N/c15-8-5-11(18)14(12(19)6-8)13(20)4-7-1-2-10(17)9(16)3-7/h1-3,5-6,13H,4,20H2. The van der Waals surface area contributed by atoms with Crippen LogP contribution in [0.3, 0.4) is 0 Å². The van der Waals surface area contributed by atoms with E-state index >= 15 is 0 Å². The van der Waals surface area contributed by atoms with Crippen molar-refractivity contribution in [2.45, 2.75) is 12.5 Å². The van der Waals surface area contributed by atoms with Crippen LogP contribution in [0, 0.1) is 17.5 Å². The van der Waals surface area contributed by atoms with Gasteiger partial charge in [0.2, 0.25) is 0 Å². The van der Waals surface area contributed by atoms with Crippen molar-refractivity contribution in [2.24, 2.45) is 5.73 Å². The quantitative estimate of drug-likeness (QED) is 0.770. The summed E-state index contributed by atoms with van der Waals surface area (Å²) in [5.41, 5.74) is 6.38. The second-order valence-corrected chi connectivity index (χ2v) is 6.11. The maximum Gasteiger partial charge on any atom is 0.137 e. The summed E-state index contributed by atoms with van der Waals surface area (Å²) < 4.78 is 41.3. The molecule has 2 aromatic rings. The summed E-state index contributed by atoms with van der Waals surface area (Å²) in [6, 6.07) is 5.84. The molecule has 1 nitrogen and oxygen atoms in total. The van der Waals surface area contributed by atoms with E-state index in [4.69, 9.17) is 5.73 Å². The maximum atomic E-state index is 13.8. The molecule has 0 spiro atoms. The van der Waals surface area contributed by atoms with E-state index in [0.29, 0.717) is 14.5 Å². The van der Waals surface area contributed by atoms with E-state index in [1.807, 2.05) is 0 Å². The summed E-state index contributed by atoms with van der Waals surface area (Å²) in [6.07, 6.45) is 0.203. The highest BCUT2D eigenvalue weighted by molar-refractivity contribution is 9.10. The largest absolute Gasteiger partial charge is 0.323 e. The third kappa shape index (κ3) is 3.42. The Kier molecular flexibility index (Phi) is 4.88. The Hall–Kier alpha value is -0.850. The van der Waals surface area contributed by atoms with Crippen LogP contribution in [0.4, 0.5) is 13.2 Å². The van der Waals surface area contributed by atoms with Crippen LogP contribution in [0.2, 0.25) is 0 Å². The van der Waals surface area contributed by atoms with E-state index < -0.39 is 23.5 Å². The molecule has 0 fully saturated rings. The van der Waals surface area contributed by atoms with Crippen molar-refractivity contribution in [1.82, 2.24) is 0 Å². The van der Waals surface area contributed by atoms with Crippen LogP contribution in [0.5, 0.6) is 0 Å². The van der Waals surface area contributed by atoms with Gasteiger partial charge in [0.15, 0.2) is 0 Å². The lowest BCUT2D eigenvalue weighted by Crippen LogP contribution is -2.17. The van der Waals surface area contributed by atoms with E-state index in [2.05, 4.69) is 31.9 Å². The first-order chi connectivity index (χ1) is 9.38. The van der Waals surface area contributed by atoms with Gasteiger partial charge in [-0.15, -0.1) is 0 Å². The Labute approximate surface area is 131 Å². The molecule has 2 rings (SSSR count). The fourth-order valence-electron chi connectivity index (χ4n) is 1.93. The first kappa shape index (κ1) is 15.5. The van der Waals surface area contributed by atoms with Crippen molar-refractivity contribution >= 4 is 31.9 Å². The Balaban J connectivity index is 2.28. The zero-order chi connectivity index (χ0) is 14.9. The molecule has 0 aliphatic carbocycles. The van der Waals surface area contributed by atoms with Gasteiger partial charge in [0.25, 0.3) is 0 Å². The van der Waals surface area contributed by atoms with E-state index in [-0.39, 0.29) is 12.0 Å². The number of hydrogen-bond acceptors (Lipinski definition) is 1. The van der Waals surface area contributed by atoms with E-state index in [9.17, 15) is 13.2 Å². The van der Waals surface area contributed by atoms with E-state index in [0.717, 1.165) is 0 Å². The third-order valence-corrected chi connectivity index (χ3v) is 3.92. The number of rotatable bonds is 3. The van der Waals surface area contributed by atoms with E-state index in [1.54, 1.807) is 6.07 Å². The molecule has 0 saturated heterocycles. The summed E-state index contributed by atoms with van der Waals surface area (Å²) in [6.45, 7) is 0. The molecule has 20 heavy (non-hydrogen) atoms. The summed E-state index contributed by atoms with van der Waals surface area (Å²) in [5.74, 6) is -1.81. The molecule has 1 atom stereocenters. The lowest BCUT2D eigenvalue weighted by molar-refractivity contribution is 0.523. The molecule has 0 aliphatic rings. The third-order valence-electron chi connectivity index (χ3n) is 2.85. The fraction of sp³-hybridized carbons (Fsp3) is 0.143. The molecule has 0 bridgehead atoms. The smallest absolute Gasteiger partial charge is 0.137 e.